The van der Waals surface area contributed by atoms with Gasteiger partial charge in [0.15, 0.2) is 16.8 Å². The Morgan fingerprint density at radius 3 is 2.81 bits per heavy atom. The van der Waals surface area contributed by atoms with Gasteiger partial charge in [-0.05, 0) is 6.92 Å². The number of hydrogen-bond donors (Lipinski definition) is 0. The topological polar surface area (TPSA) is 68.8 Å². The van der Waals surface area contributed by atoms with E-state index >= 15 is 0 Å². The van der Waals surface area contributed by atoms with Crippen LogP contribution in [0.3, 0.4) is 0 Å². The maximum Gasteiger partial charge on any atom is 0.233 e. The van der Waals surface area contributed by atoms with E-state index in [0.29, 0.717) is 18.8 Å². The fraction of sp³-hybridized carbons (Fsp3) is 0.333. The maximum atomic E-state index is 12.6. The largest absolute Gasteiger partial charge is 0.332 e. The average Bonchev–Trinajstić information content (AvgIpc) is 3.26. The number of aromatic nitrogens is 5. The summed E-state index contributed by atoms with van der Waals surface area (Å²) in [5.41, 5.74) is 1.04. The molecular formula is C18H20N6OS. The lowest BCUT2D eigenvalue weighted by Gasteiger charge is -2.32. The lowest BCUT2D eigenvalue weighted by atomic mass is 10.1. The minimum Gasteiger partial charge on any atom is -0.332 e. The number of aryl methyl sites for hydroxylation is 1. The molecule has 2 aromatic heterocycles. The van der Waals surface area contributed by atoms with E-state index in [1.807, 2.05) is 53.0 Å². The average molecular weight is 368 g/mol. The Labute approximate surface area is 156 Å². The Morgan fingerprint density at radius 2 is 2.08 bits per heavy atom. The summed E-state index contributed by atoms with van der Waals surface area (Å²) in [5, 5.41) is 9.55. The number of rotatable bonds is 4. The molecule has 134 valence electrons. The fourth-order valence-electron chi connectivity index (χ4n) is 3.21. The molecule has 0 unspecified atom stereocenters. The molecule has 0 saturated carbocycles. The molecule has 26 heavy (non-hydrogen) atoms. The first-order valence-corrected chi connectivity index (χ1v) is 9.49. The monoisotopic (exact) mass is 368 g/mol. The van der Waals surface area contributed by atoms with Crippen molar-refractivity contribution in [2.45, 2.75) is 24.7 Å². The highest BCUT2D eigenvalue weighted by Gasteiger charge is 2.29. The van der Waals surface area contributed by atoms with E-state index in [4.69, 9.17) is 0 Å². The molecule has 1 aromatic carbocycles. The zero-order valence-electron chi connectivity index (χ0n) is 14.7. The van der Waals surface area contributed by atoms with Gasteiger partial charge >= 0.3 is 0 Å². The van der Waals surface area contributed by atoms with Crippen LogP contribution in [0.15, 0.2) is 47.9 Å². The molecule has 3 heterocycles. The van der Waals surface area contributed by atoms with Crippen molar-refractivity contribution in [2.75, 3.05) is 12.3 Å². The van der Waals surface area contributed by atoms with E-state index in [2.05, 4.69) is 26.7 Å². The van der Waals surface area contributed by atoms with Crippen LogP contribution in [0.25, 0.3) is 11.4 Å². The van der Waals surface area contributed by atoms with Crippen LogP contribution < -0.4 is 0 Å². The van der Waals surface area contributed by atoms with Crippen molar-refractivity contribution in [3.05, 3.63) is 48.5 Å². The summed E-state index contributed by atoms with van der Waals surface area (Å²) in [5.74, 6) is 2.16. The highest BCUT2D eigenvalue weighted by molar-refractivity contribution is 7.99. The zero-order valence-corrected chi connectivity index (χ0v) is 15.6. The molecule has 3 aromatic rings. The summed E-state index contributed by atoms with van der Waals surface area (Å²) in [7, 11) is 1.93. The first kappa shape index (κ1) is 16.8. The van der Waals surface area contributed by atoms with Crippen LogP contribution in [-0.4, -0.2) is 47.4 Å². The van der Waals surface area contributed by atoms with Crippen molar-refractivity contribution < 1.29 is 4.79 Å². The molecule has 0 bridgehead atoms. The number of fused-ring (bicyclic) bond motifs is 1. The SMILES string of the molecule is C[C@H]1CN(C(=O)CSc2nccn2C)Cc2nnc(-c3ccccc3)n21. The summed E-state index contributed by atoms with van der Waals surface area (Å²) in [6, 6.07) is 10.2. The number of carbonyl (C=O) groups is 1. The van der Waals surface area contributed by atoms with Gasteiger partial charge in [-0.2, -0.15) is 0 Å². The van der Waals surface area contributed by atoms with Gasteiger partial charge in [-0.1, -0.05) is 42.1 Å². The molecule has 8 heteroatoms. The van der Waals surface area contributed by atoms with Gasteiger partial charge in [-0.25, -0.2) is 4.98 Å². The second-order valence-corrected chi connectivity index (χ2v) is 7.35. The minimum atomic E-state index is 0.0976. The number of benzene rings is 1. The standard InChI is InChI=1S/C18H20N6OS/c1-13-10-23(16(25)12-26-18-19-8-9-22(18)2)11-15-20-21-17(24(13)15)14-6-4-3-5-7-14/h3-9,13H,10-12H2,1-2H3/t13-/m0/s1. The Morgan fingerprint density at radius 1 is 1.27 bits per heavy atom. The van der Waals surface area contributed by atoms with Crippen molar-refractivity contribution in [2.24, 2.45) is 7.05 Å². The molecule has 7 nitrogen and oxygen atoms in total. The zero-order chi connectivity index (χ0) is 18.1. The van der Waals surface area contributed by atoms with Gasteiger partial charge in [0.1, 0.15) is 0 Å². The van der Waals surface area contributed by atoms with E-state index in [9.17, 15) is 4.79 Å². The summed E-state index contributed by atoms with van der Waals surface area (Å²) in [6.07, 6.45) is 3.62. The molecule has 0 aliphatic carbocycles. The molecular weight excluding hydrogens is 348 g/mol. The van der Waals surface area contributed by atoms with Crippen LogP contribution in [0, 0.1) is 0 Å². The van der Waals surface area contributed by atoms with E-state index in [1.54, 1.807) is 6.20 Å². The van der Waals surface area contributed by atoms with Gasteiger partial charge in [0.2, 0.25) is 5.91 Å². The molecule has 1 amide bonds. The van der Waals surface area contributed by atoms with Gasteiger partial charge in [0, 0.05) is 31.5 Å². The molecule has 1 aliphatic rings. The van der Waals surface area contributed by atoms with Gasteiger partial charge in [-0.3, -0.25) is 4.79 Å². The molecule has 0 radical (unpaired) electrons. The number of imidazole rings is 1. The van der Waals surface area contributed by atoms with Crippen molar-refractivity contribution >= 4 is 17.7 Å². The number of hydrogen-bond acceptors (Lipinski definition) is 5. The molecule has 0 N–H and O–H groups in total. The molecule has 4 rings (SSSR count). The minimum absolute atomic E-state index is 0.0976. The Bertz CT molecular complexity index is 919. The van der Waals surface area contributed by atoms with Crippen molar-refractivity contribution in [3.8, 4) is 11.4 Å². The van der Waals surface area contributed by atoms with Crippen molar-refractivity contribution in [3.63, 3.8) is 0 Å². The van der Waals surface area contributed by atoms with E-state index < -0.39 is 0 Å². The second kappa shape index (κ2) is 6.95. The van der Waals surface area contributed by atoms with Crippen molar-refractivity contribution in [1.82, 2.24) is 29.2 Å². The summed E-state index contributed by atoms with van der Waals surface area (Å²) in [4.78, 5) is 18.8. The van der Waals surface area contributed by atoms with Gasteiger partial charge in [0.25, 0.3) is 0 Å². The molecule has 0 spiro atoms. The second-order valence-electron chi connectivity index (χ2n) is 6.41. The highest BCUT2D eigenvalue weighted by Crippen LogP contribution is 2.28. The van der Waals surface area contributed by atoms with Crippen LogP contribution >= 0.6 is 11.8 Å². The number of amides is 1. The highest BCUT2D eigenvalue weighted by atomic mass is 32.2. The maximum absolute atomic E-state index is 12.6. The number of thioether (sulfide) groups is 1. The fourth-order valence-corrected chi connectivity index (χ4v) is 4.05. The van der Waals surface area contributed by atoms with Gasteiger partial charge in [0.05, 0.1) is 18.3 Å². The van der Waals surface area contributed by atoms with Crippen LogP contribution in [0.5, 0.6) is 0 Å². The summed E-state index contributed by atoms with van der Waals surface area (Å²) < 4.78 is 4.06. The molecule has 1 aliphatic heterocycles. The summed E-state index contributed by atoms with van der Waals surface area (Å²) >= 11 is 1.46. The molecule has 0 saturated heterocycles. The Balaban J connectivity index is 1.49. The number of carbonyl (C=O) groups excluding carboxylic acids is 1. The first-order valence-electron chi connectivity index (χ1n) is 8.50. The van der Waals surface area contributed by atoms with Gasteiger partial charge < -0.3 is 14.0 Å². The van der Waals surface area contributed by atoms with Crippen LogP contribution in [-0.2, 0) is 18.4 Å². The predicted octanol–water partition coefficient (Wildman–Crippen LogP) is 2.37. The predicted molar refractivity (Wildman–Crippen MR) is 99.5 cm³/mol. The first-order chi connectivity index (χ1) is 12.6. The smallest absolute Gasteiger partial charge is 0.233 e. The quantitative estimate of drug-likeness (QED) is 0.662. The third kappa shape index (κ3) is 3.12. The number of nitrogens with zero attached hydrogens (tertiary/aromatic N) is 6. The van der Waals surface area contributed by atoms with Gasteiger partial charge in [-0.15, -0.1) is 10.2 Å². The third-order valence-corrected chi connectivity index (χ3v) is 5.55. The Kier molecular flexibility index (Phi) is 4.50. The third-order valence-electron chi connectivity index (χ3n) is 4.51. The van der Waals surface area contributed by atoms with Crippen LogP contribution in [0.1, 0.15) is 18.8 Å². The molecule has 0 fully saturated rings. The molecule has 1 atom stereocenters. The van der Waals surface area contributed by atoms with E-state index in [0.717, 1.165) is 22.4 Å². The van der Waals surface area contributed by atoms with Crippen molar-refractivity contribution in [1.29, 1.82) is 0 Å². The Hall–Kier alpha value is -2.61. The summed E-state index contributed by atoms with van der Waals surface area (Å²) in [6.45, 7) is 3.25. The van der Waals surface area contributed by atoms with Crippen LogP contribution in [0.4, 0.5) is 0 Å². The lowest BCUT2D eigenvalue weighted by Crippen LogP contribution is -2.41. The lowest BCUT2D eigenvalue weighted by molar-refractivity contribution is -0.130. The normalized spacial score (nSPS) is 16.5. The van der Waals surface area contributed by atoms with E-state index in [1.165, 1.54) is 11.8 Å². The van der Waals surface area contributed by atoms with Crippen LogP contribution in [0.2, 0.25) is 0 Å². The van der Waals surface area contributed by atoms with E-state index in [-0.39, 0.29) is 11.9 Å².